The zero-order valence-corrected chi connectivity index (χ0v) is 11.5. The van der Waals surface area contributed by atoms with E-state index in [1.807, 2.05) is 24.3 Å². The summed E-state index contributed by atoms with van der Waals surface area (Å²) in [4.78, 5) is 0. The lowest BCUT2D eigenvalue weighted by molar-refractivity contribution is 0.288. The Hall–Kier alpha value is -1.51. The van der Waals surface area contributed by atoms with Crippen molar-refractivity contribution < 1.29 is 4.74 Å². The molecule has 2 nitrogen and oxygen atoms in total. The summed E-state index contributed by atoms with van der Waals surface area (Å²) in [6.07, 6.45) is 2.18. The average molecular weight is 276 g/mol. The molecule has 2 aromatic rings. The summed E-state index contributed by atoms with van der Waals surface area (Å²) in [5, 5.41) is 0. The number of hydrogen-bond donors (Lipinski definition) is 1. The minimum absolute atomic E-state index is 0. The van der Waals surface area contributed by atoms with Gasteiger partial charge < -0.3 is 10.5 Å². The molecule has 1 aliphatic heterocycles. The normalized spacial score (nSPS) is 14.8. The van der Waals surface area contributed by atoms with Crippen molar-refractivity contribution in [1.82, 2.24) is 0 Å². The van der Waals surface area contributed by atoms with Crippen molar-refractivity contribution >= 4 is 12.4 Å². The van der Waals surface area contributed by atoms with E-state index in [0.717, 1.165) is 36.3 Å². The topological polar surface area (TPSA) is 35.2 Å². The summed E-state index contributed by atoms with van der Waals surface area (Å²) in [7, 11) is 0. The number of fused-ring (bicyclic) bond motifs is 1. The van der Waals surface area contributed by atoms with Crippen molar-refractivity contribution in [1.29, 1.82) is 0 Å². The van der Waals surface area contributed by atoms with Gasteiger partial charge in [-0.1, -0.05) is 42.5 Å². The molecule has 0 spiro atoms. The smallest absolute Gasteiger partial charge is 0.122 e. The fourth-order valence-corrected chi connectivity index (χ4v) is 2.43. The standard InChI is InChI=1S/C16H17NO.ClH/c17-16(12-5-2-1-3-6-12)14-8-9-15-13(11-14)7-4-10-18-15;/h1-3,5-6,8-9,11,16H,4,7,10,17H2;1H. The fourth-order valence-electron chi connectivity index (χ4n) is 2.43. The van der Waals surface area contributed by atoms with Crippen LogP contribution in [0.3, 0.4) is 0 Å². The molecule has 0 fully saturated rings. The van der Waals surface area contributed by atoms with Crippen molar-refractivity contribution in [3.05, 3.63) is 65.2 Å². The number of nitrogens with two attached hydrogens (primary N) is 1. The van der Waals surface area contributed by atoms with Crippen molar-refractivity contribution in [2.45, 2.75) is 18.9 Å². The van der Waals surface area contributed by atoms with E-state index in [2.05, 4.69) is 24.3 Å². The average Bonchev–Trinajstić information content (AvgIpc) is 2.47. The van der Waals surface area contributed by atoms with Crippen LogP contribution in [-0.2, 0) is 6.42 Å². The van der Waals surface area contributed by atoms with Crippen LogP contribution < -0.4 is 10.5 Å². The first-order valence-electron chi connectivity index (χ1n) is 6.41. The molecule has 0 saturated carbocycles. The van der Waals surface area contributed by atoms with E-state index in [9.17, 15) is 0 Å². The number of rotatable bonds is 2. The van der Waals surface area contributed by atoms with Gasteiger partial charge in [-0.05, 0) is 35.6 Å². The number of benzene rings is 2. The van der Waals surface area contributed by atoms with E-state index in [1.165, 1.54) is 5.56 Å². The maximum absolute atomic E-state index is 6.31. The van der Waals surface area contributed by atoms with Gasteiger partial charge in [0.1, 0.15) is 5.75 Å². The molecule has 1 unspecified atom stereocenters. The lowest BCUT2D eigenvalue weighted by atomic mass is 9.95. The van der Waals surface area contributed by atoms with Gasteiger partial charge in [0, 0.05) is 0 Å². The minimum Gasteiger partial charge on any atom is -0.493 e. The summed E-state index contributed by atoms with van der Waals surface area (Å²) in [6.45, 7) is 0.830. The Labute approximate surface area is 120 Å². The molecule has 100 valence electrons. The molecule has 19 heavy (non-hydrogen) atoms. The third-order valence-electron chi connectivity index (χ3n) is 3.45. The number of aryl methyl sites for hydroxylation is 1. The predicted molar refractivity (Wildman–Crippen MR) is 80.0 cm³/mol. The third kappa shape index (κ3) is 2.91. The van der Waals surface area contributed by atoms with Crippen LogP contribution in [0.5, 0.6) is 5.75 Å². The van der Waals surface area contributed by atoms with Gasteiger partial charge in [-0.3, -0.25) is 0 Å². The van der Waals surface area contributed by atoms with Crippen LogP contribution in [-0.4, -0.2) is 6.61 Å². The molecule has 3 heteroatoms. The molecule has 1 heterocycles. The number of halogens is 1. The molecule has 0 aromatic heterocycles. The lowest BCUT2D eigenvalue weighted by Gasteiger charge is -2.20. The van der Waals surface area contributed by atoms with Crippen LogP contribution in [0.15, 0.2) is 48.5 Å². The van der Waals surface area contributed by atoms with Gasteiger partial charge in [0.05, 0.1) is 12.6 Å². The lowest BCUT2D eigenvalue weighted by Crippen LogP contribution is -2.14. The van der Waals surface area contributed by atoms with Crippen molar-refractivity contribution in [3.63, 3.8) is 0 Å². The number of ether oxygens (including phenoxy) is 1. The Bertz CT molecular complexity index is 542. The van der Waals surface area contributed by atoms with Gasteiger partial charge in [-0.2, -0.15) is 0 Å². The van der Waals surface area contributed by atoms with Gasteiger partial charge in [0.25, 0.3) is 0 Å². The molecule has 2 aromatic carbocycles. The van der Waals surface area contributed by atoms with Crippen molar-refractivity contribution in [3.8, 4) is 5.75 Å². The zero-order valence-electron chi connectivity index (χ0n) is 10.7. The van der Waals surface area contributed by atoms with Gasteiger partial charge >= 0.3 is 0 Å². The highest BCUT2D eigenvalue weighted by Crippen LogP contribution is 2.29. The Morgan fingerprint density at radius 2 is 1.79 bits per heavy atom. The molecule has 0 aliphatic carbocycles. The van der Waals surface area contributed by atoms with Crippen molar-refractivity contribution in [2.75, 3.05) is 6.61 Å². The van der Waals surface area contributed by atoms with E-state index in [4.69, 9.17) is 10.5 Å². The second-order valence-corrected chi connectivity index (χ2v) is 4.71. The summed E-state index contributed by atoms with van der Waals surface area (Å²) in [5.41, 5.74) is 9.90. The maximum Gasteiger partial charge on any atom is 0.122 e. The van der Waals surface area contributed by atoms with Crippen LogP contribution in [0.4, 0.5) is 0 Å². The van der Waals surface area contributed by atoms with E-state index >= 15 is 0 Å². The molecule has 2 N–H and O–H groups in total. The van der Waals surface area contributed by atoms with Crippen LogP contribution in [0, 0.1) is 0 Å². The van der Waals surface area contributed by atoms with Gasteiger partial charge in [-0.25, -0.2) is 0 Å². The van der Waals surface area contributed by atoms with Gasteiger partial charge in [-0.15, -0.1) is 12.4 Å². The summed E-state index contributed by atoms with van der Waals surface area (Å²) in [6, 6.07) is 16.4. The Morgan fingerprint density at radius 1 is 1.00 bits per heavy atom. The van der Waals surface area contributed by atoms with E-state index in [1.54, 1.807) is 0 Å². The highest BCUT2D eigenvalue weighted by molar-refractivity contribution is 5.85. The second-order valence-electron chi connectivity index (χ2n) is 4.71. The molecule has 1 aliphatic rings. The monoisotopic (exact) mass is 275 g/mol. The molecule has 0 bridgehead atoms. The molecular formula is C16H18ClNO. The van der Waals surface area contributed by atoms with Gasteiger partial charge in [0.2, 0.25) is 0 Å². The fraction of sp³-hybridized carbons (Fsp3) is 0.250. The molecule has 1 atom stereocenters. The Balaban J connectivity index is 0.00000133. The van der Waals surface area contributed by atoms with E-state index in [-0.39, 0.29) is 18.4 Å². The van der Waals surface area contributed by atoms with E-state index in [0.29, 0.717) is 0 Å². The van der Waals surface area contributed by atoms with Crippen LogP contribution in [0.1, 0.15) is 29.2 Å². The second kappa shape index (κ2) is 6.09. The maximum atomic E-state index is 6.31. The largest absolute Gasteiger partial charge is 0.493 e. The van der Waals surface area contributed by atoms with Crippen molar-refractivity contribution in [2.24, 2.45) is 5.73 Å². The Kier molecular flexibility index (Phi) is 4.46. The summed E-state index contributed by atoms with van der Waals surface area (Å²) < 4.78 is 5.62. The van der Waals surface area contributed by atoms with Crippen LogP contribution in [0.2, 0.25) is 0 Å². The van der Waals surface area contributed by atoms with Crippen LogP contribution in [0.25, 0.3) is 0 Å². The summed E-state index contributed by atoms with van der Waals surface area (Å²) >= 11 is 0. The molecule has 0 radical (unpaired) electrons. The quantitative estimate of drug-likeness (QED) is 0.911. The van der Waals surface area contributed by atoms with E-state index < -0.39 is 0 Å². The minimum atomic E-state index is -0.0570. The SMILES string of the molecule is Cl.NC(c1ccccc1)c1ccc2c(c1)CCCO2. The van der Waals surface area contributed by atoms with Crippen LogP contribution >= 0.6 is 12.4 Å². The van der Waals surface area contributed by atoms with Gasteiger partial charge in [0.15, 0.2) is 0 Å². The Morgan fingerprint density at radius 3 is 2.58 bits per heavy atom. The summed E-state index contributed by atoms with van der Waals surface area (Å²) in [5.74, 6) is 1.02. The predicted octanol–water partition coefficient (Wildman–Crippen LogP) is 3.48. The zero-order chi connectivity index (χ0) is 12.4. The molecule has 0 saturated heterocycles. The third-order valence-corrected chi connectivity index (χ3v) is 3.45. The molecule has 0 amide bonds. The highest BCUT2D eigenvalue weighted by Gasteiger charge is 2.14. The first kappa shape index (κ1) is 13.9. The number of hydrogen-bond acceptors (Lipinski definition) is 2. The first-order chi connectivity index (χ1) is 8.84. The molecule has 3 rings (SSSR count). The highest BCUT2D eigenvalue weighted by atomic mass is 35.5. The first-order valence-corrected chi connectivity index (χ1v) is 6.41. The molecular weight excluding hydrogens is 258 g/mol.